The van der Waals surface area contributed by atoms with Crippen molar-refractivity contribution < 1.29 is 23.8 Å². The lowest BCUT2D eigenvalue weighted by Crippen LogP contribution is -2.39. The zero-order chi connectivity index (χ0) is 18.9. The van der Waals surface area contributed by atoms with E-state index in [9.17, 15) is 9.59 Å². The summed E-state index contributed by atoms with van der Waals surface area (Å²) in [4.78, 5) is 24.2. The van der Waals surface area contributed by atoms with Crippen molar-refractivity contribution in [1.82, 2.24) is 5.32 Å². The third kappa shape index (κ3) is 5.93. The molecule has 0 unspecified atom stereocenters. The highest BCUT2D eigenvalue weighted by Crippen LogP contribution is 2.28. The first-order valence-electron chi connectivity index (χ1n) is 9.30. The zero-order valence-corrected chi connectivity index (χ0v) is 15.9. The molecule has 0 aliphatic heterocycles. The molecule has 0 saturated heterocycles. The normalized spacial score (nSPS) is 19.5. The molecule has 1 fully saturated rings. The number of benzene rings is 1. The summed E-state index contributed by atoms with van der Waals surface area (Å²) < 4.78 is 15.9. The molecular formula is C20H29NO5. The van der Waals surface area contributed by atoms with Crippen LogP contribution in [0.3, 0.4) is 0 Å². The van der Waals surface area contributed by atoms with Crippen LogP contribution in [0.4, 0.5) is 0 Å². The Hall–Kier alpha value is -2.24. The van der Waals surface area contributed by atoms with Crippen molar-refractivity contribution in [2.75, 3.05) is 20.3 Å². The third-order valence-corrected chi connectivity index (χ3v) is 4.58. The van der Waals surface area contributed by atoms with Gasteiger partial charge in [0.1, 0.15) is 0 Å². The second kappa shape index (κ2) is 10.0. The van der Waals surface area contributed by atoms with Crippen molar-refractivity contribution in [1.29, 1.82) is 0 Å². The number of hydrogen-bond acceptors (Lipinski definition) is 5. The zero-order valence-electron chi connectivity index (χ0n) is 15.9. The first kappa shape index (κ1) is 20.1. The molecule has 0 spiro atoms. The van der Waals surface area contributed by atoms with E-state index in [1.165, 1.54) is 7.11 Å². The Morgan fingerprint density at radius 1 is 1.15 bits per heavy atom. The van der Waals surface area contributed by atoms with Gasteiger partial charge in [-0.1, -0.05) is 13.8 Å². The summed E-state index contributed by atoms with van der Waals surface area (Å²) in [5, 5.41) is 2.94. The molecule has 0 heterocycles. The predicted molar refractivity (Wildman–Crippen MR) is 98.6 cm³/mol. The summed E-state index contributed by atoms with van der Waals surface area (Å²) in [7, 11) is 1.52. The van der Waals surface area contributed by atoms with E-state index in [0.29, 0.717) is 23.7 Å². The van der Waals surface area contributed by atoms with Crippen molar-refractivity contribution in [2.24, 2.45) is 5.92 Å². The molecule has 0 radical (unpaired) electrons. The standard InChI is InChI=1S/C20H29NO5/c1-4-11-25-17-10-7-15(12-18(17)24-3)20(23)26-13-19(22)21-16-8-5-14(2)6-9-16/h7,10,12,14,16H,4-6,8-9,11,13H2,1-3H3,(H,21,22). The molecule has 1 aliphatic rings. The Balaban J connectivity index is 1.84. The van der Waals surface area contributed by atoms with Gasteiger partial charge in [0.05, 0.1) is 19.3 Å². The van der Waals surface area contributed by atoms with E-state index in [0.717, 1.165) is 38.0 Å². The number of amides is 1. The van der Waals surface area contributed by atoms with E-state index in [2.05, 4.69) is 12.2 Å². The van der Waals surface area contributed by atoms with Gasteiger partial charge in [-0.2, -0.15) is 0 Å². The molecule has 6 heteroatoms. The molecule has 2 rings (SSSR count). The number of carbonyl (C=O) groups is 2. The van der Waals surface area contributed by atoms with Crippen LogP contribution in [0.15, 0.2) is 18.2 Å². The molecule has 1 saturated carbocycles. The van der Waals surface area contributed by atoms with Crippen LogP contribution in [-0.4, -0.2) is 38.2 Å². The van der Waals surface area contributed by atoms with Gasteiger partial charge in [-0.05, 0) is 56.2 Å². The van der Waals surface area contributed by atoms with Crippen LogP contribution >= 0.6 is 0 Å². The van der Waals surface area contributed by atoms with Crippen LogP contribution in [0.1, 0.15) is 56.3 Å². The van der Waals surface area contributed by atoms with Gasteiger partial charge < -0.3 is 19.5 Å². The Morgan fingerprint density at radius 2 is 1.88 bits per heavy atom. The Morgan fingerprint density at radius 3 is 2.54 bits per heavy atom. The number of carbonyl (C=O) groups excluding carboxylic acids is 2. The minimum atomic E-state index is -0.558. The van der Waals surface area contributed by atoms with Crippen LogP contribution in [-0.2, 0) is 9.53 Å². The van der Waals surface area contributed by atoms with E-state index in [4.69, 9.17) is 14.2 Å². The first-order valence-corrected chi connectivity index (χ1v) is 9.30. The van der Waals surface area contributed by atoms with Gasteiger partial charge >= 0.3 is 5.97 Å². The molecule has 1 aromatic carbocycles. The van der Waals surface area contributed by atoms with Crippen molar-refractivity contribution in [3.05, 3.63) is 23.8 Å². The number of ether oxygens (including phenoxy) is 3. The van der Waals surface area contributed by atoms with E-state index in [1.807, 2.05) is 6.92 Å². The minimum Gasteiger partial charge on any atom is -0.493 e. The molecule has 0 aromatic heterocycles. The lowest BCUT2D eigenvalue weighted by molar-refractivity contribution is -0.125. The van der Waals surface area contributed by atoms with E-state index < -0.39 is 5.97 Å². The average Bonchev–Trinajstić information content (AvgIpc) is 2.66. The highest BCUT2D eigenvalue weighted by Gasteiger charge is 2.20. The lowest BCUT2D eigenvalue weighted by Gasteiger charge is -2.26. The number of hydrogen-bond donors (Lipinski definition) is 1. The highest BCUT2D eigenvalue weighted by molar-refractivity contribution is 5.92. The number of methoxy groups -OCH3 is 1. The second-order valence-electron chi connectivity index (χ2n) is 6.81. The maximum Gasteiger partial charge on any atom is 0.338 e. The Labute approximate surface area is 155 Å². The summed E-state index contributed by atoms with van der Waals surface area (Å²) in [5.74, 6) is 0.953. The molecule has 1 amide bonds. The summed E-state index contributed by atoms with van der Waals surface area (Å²) in [5.41, 5.74) is 0.324. The Kier molecular flexibility index (Phi) is 7.75. The van der Waals surface area contributed by atoms with Crippen LogP contribution in [0.25, 0.3) is 0 Å². The highest BCUT2D eigenvalue weighted by atomic mass is 16.5. The summed E-state index contributed by atoms with van der Waals surface area (Å²) in [6.45, 7) is 4.53. The first-order chi connectivity index (χ1) is 12.5. The largest absolute Gasteiger partial charge is 0.493 e. The fourth-order valence-electron chi connectivity index (χ4n) is 3.01. The fourth-order valence-corrected chi connectivity index (χ4v) is 3.01. The van der Waals surface area contributed by atoms with E-state index >= 15 is 0 Å². The molecule has 1 aromatic rings. The van der Waals surface area contributed by atoms with Crippen molar-refractivity contribution in [3.63, 3.8) is 0 Å². The lowest BCUT2D eigenvalue weighted by atomic mass is 9.87. The van der Waals surface area contributed by atoms with E-state index in [1.54, 1.807) is 18.2 Å². The third-order valence-electron chi connectivity index (χ3n) is 4.58. The molecule has 144 valence electrons. The van der Waals surface area contributed by atoms with Gasteiger partial charge in [-0.3, -0.25) is 4.79 Å². The average molecular weight is 363 g/mol. The minimum absolute atomic E-state index is 0.187. The predicted octanol–water partition coefficient (Wildman–Crippen LogP) is 3.34. The molecule has 6 nitrogen and oxygen atoms in total. The molecule has 0 bridgehead atoms. The number of nitrogens with one attached hydrogen (secondary N) is 1. The number of esters is 1. The summed E-state index contributed by atoms with van der Waals surface area (Å²) in [6.07, 6.45) is 5.09. The molecular weight excluding hydrogens is 334 g/mol. The van der Waals surface area contributed by atoms with Gasteiger partial charge in [0, 0.05) is 6.04 Å². The van der Waals surface area contributed by atoms with Crippen molar-refractivity contribution in [3.8, 4) is 11.5 Å². The molecule has 1 aliphatic carbocycles. The maximum absolute atomic E-state index is 12.2. The summed E-state index contributed by atoms with van der Waals surface area (Å²) in [6, 6.07) is 5.03. The second-order valence-corrected chi connectivity index (χ2v) is 6.81. The monoisotopic (exact) mass is 363 g/mol. The Bertz CT molecular complexity index is 608. The number of rotatable bonds is 8. The maximum atomic E-state index is 12.2. The quantitative estimate of drug-likeness (QED) is 0.717. The van der Waals surface area contributed by atoms with E-state index in [-0.39, 0.29) is 18.6 Å². The van der Waals surface area contributed by atoms with Crippen LogP contribution in [0.5, 0.6) is 11.5 Å². The van der Waals surface area contributed by atoms with Gasteiger partial charge in [-0.15, -0.1) is 0 Å². The van der Waals surface area contributed by atoms with Gasteiger partial charge in [-0.25, -0.2) is 4.79 Å². The fraction of sp³-hybridized carbons (Fsp3) is 0.600. The molecule has 26 heavy (non-hydrogen) atoms. The van der Waals surface area contributed by atoms with Crippen molar-refractivity contribution in [2.45, 2.75) is 52.0 Å². The topological polar surface area (TPSA) is 73.9 Å². The molecule has 0 atom stereocenters. The van der Waals surface area contributed by atoms with Crippen LogP contribution in [0.2, 0.25) is 0 Å². The van der Waals surface area contributed by atoms with Gasteiger partial charge in [0.2, 0.25) is 0 Å². The van der Waals surface area contributed by atoms with Gasteiger partial charge in [0.15, 0.2) is 18.1 Å². The van der Waals surface area contributed by atoms with Crippen LogP contribution < -0.4 is 14.8 Å². The van der Waals surface area contributed by atoms with Gasteiger partial charge in [0.25, 0.3) is 5.91 Å². The van der Waals surface area contributed by atoms with Crippen molar-refractivity contribution >= 4 is 11.9 Å². The van der Waals surface area contributed by atoms with Crippen LogP contribution in [0, 0.1) is 5.92 Å². The molecule has 1 N–H and O–H groups in total. The SMILES string of the molecule is CCCOc1ccc(C(=O)OCC(=O)NC2CCC(C)CC2)cc1OC. The smallest absolute Gasteiger partial charge is 0.338 e. The summed E-state index contributed by atoms with van der Waals surface area (Å²) >= 11 is 0.